The molecule has 0 aliphatic carbocycles. The number of aromatic nitrogens is 4. The van der Waals surface area contributed by atoms with Gasteiger partial charge in [-0.25, -0.2) is 9.89 Å². The molecular formula is C2H2N4O2S. The maximum atomic E-state index is 10.0. The Morgan fingerprint density at radius 3 is 3.00 bits per heavy atom. The van der Waals surface area contributed by atoms with Gasteiger partial charge in [0, 0.05) is 0 Å². The fourth-order valence-electron chi connectivity index (χ4n) is 0.276. The topological polar surface area (TPSA) is 80.8 Å². The Morgan fingerprint density at radius 1 is 1.78 bits per heavy atom. The van der Waals surface area contributed by atoms with Gasteiger partial charge < -0.3 is 4.74 Å². The van der Waals surface area contributed by atoms with Gasteiger partial charge in [-0.3, -0.25) is 0 Å². The van der Waals surface area contributed by atoms with Crippen LogP contribution in [0.15, 0.2) is 0 Å². The molecule has 6 nitrogen and oxygen atoms in total. The molecule has 9 heavy (non-hydrogen) atoms. The Labute approximate surface area is 55.0 Å². The van der Waals surface area contributed by atoms with E-state index in [1.54, 1.807) is 0 Å². The fraction of sp³-hybridized carbons (Fsp3) is 0. The molecule has 0 amide bonds. The number of H-pyrrole nitrogens is 1. The molecule has 0 fully saturated rings. The average molecular weight is 146 g/mol. The minimum absolute atomic E-state index is 0.0602. The van der Waals surface area contributed by atoms with E-state index >= 15 is 0 Å². The zero-order valence-electron chi connectivity index (χ0n) is 4.11. The van der Waals surface area contributed by atoms with Crippen molar-refractivity contribution < 1.29 is 9.53 Å². The second-order valence-electron chi connectivity index (χ2n) is 1.07. The smallest absolute Gasteiger partial charge is 0.372 e. The summed E-state index contributed by atoms with van der Waals surface area (Å²) in [5.74, 6) is 0. The number of rotatable bonds is 1. The standard InChI is InChI=1S/C2H2N4O2S/c7-2(9)8-1-3-5-6-4-1/h(H,7,9)(H,3,4,5,6). The van der Waals surface area contributed by atoms with Gasteiger partial charge in [0.05, 0.1) is 0 Å². The molecule has 0 radical (unpaired) electrons. The largest absolute Gasteiger partial charge is 0.382 e. The first-order valence-corrected chi connectivity index (χ1v) is 2.38. The minimum Gasteiger partial charge on any atom is -0.382 e. The summed E-state index contributed by atoms with van der Waals surface area (Å²) in [4.78, 5) is 10.0. The molecule has 1 rings (SSSR count). The molecule has 0 unspecified atom stereocenters. The second kappa shape index (κ2) is 2.44. The summed E-state index contributed by atoms with van der Waals surface area (Å²) in [5.41, 5.74) is 0. The van der Waals surface area contributed by atoms with Crippen LogP contribution in [0.4, 0.5) is 4.79 Å². The van der Waals surface area contributed by atoms with E-state index in [9.17, 15) is 4.79 Å². The lowest BCUT2D eigenvalue weighted by Crippen LogP contribution is -1.97. The van der Waals surface area contributed by atoms with Crippen molar-refractivity contribution in [1.82, 2.24) is 20.6 Å². The number of nitrogens with zero attached hydrogens (tertiary/aromatic N) is 3. The summed E-state index contributed by atoms with van der Waals surface area (Å²) in [6, 6.07) is -0.0602. The van der Waals surface area contributed by atoms with Gasteiger partial charge in [-0.05, 0) is 10.4 Å². The predicted molar refractivity (Wildman–Crippen MR) is 29.2 cm³/mol. The van der Waals surface area contributed by atoms with Crippen LogP contribution in [0.1, 0.15) is 0 Å². The predicted octanol–water partition coefficient (Wildman–Crippen LogP) is -0.372. The molecular weight excluding hydrogens is 144 g/mol. The van der Waals surface area contributed by atoms with Crippen LogP contribution in [-0.4, -0.2) is 25.9 Å². The van der Waals surface area contributed by atoms with Crippen LogP contribution in [0, 0.1) is 0 Å². The average Bonchev–Trinajstić information content (AvgIpc) is 2.15. The first-order chi connectivity index (χ1) is 4.29. The molecule has 0 atom stereocenters. The fourth-order valence-corrected chi connectivity index (χ4v) is 0.363. The monoisotopic (exact) mass is 146 g/mol. The third kappa shape index (κ3) is 1.68. The lowest BCUT2D eigenvalue weighted by molar-refractivity contribution is 0.224. The Kier molecular flexibility index (Phi) is 1.63. The highest BCUT2D eigenvalue weighted by molar-refractivity contribution is 7.96. The number of tetrazole rings is 1. The summed E-state index contributed by atoms with van der Waals surface area (Å²) < 4.78 is 4.29. The van der Waals surface area contributed by atoms with E-state index < -0.39 is 5.30 Å². The van der Waals surface area contributed by atoms with Crippen LogP contribution in [0.2, 0.25) is 0 Å². The quantitative estimate of drug-likeness (QED) is 0.417. The van der Waals surface area contributed by atoms with Crippen molar-refractivity contribution in [2.24, 2.45) is 0 Å². The molecule has 48 valence electrons. The number of hydrogen-bond acceptors (Lipinski definition) is 5. The van der Waals surface area contributed by atoms with Crippen molar-refractivity contribution >= 4 is 17.9 Å². The summed E-state index contributed by atoms with van der Waals surface area (Å²) >= 11 is 3.31. The molecule has 0 saturated carbocycles. The summed E-state index contributed by atoms with van der Waals surface area (Å²) in [6.07, 6.45) is 0. The van der Waals surface area contributed by atoms with Gasteiger partial charge in [0.2, 0.25) is 0 Å². The van der Waals surface area contributed by atoms with E-state index in [1.165, 1.54) is 0 Å². The highest BCUT2D eigenvalue weighted by atomic mass is 32.1. The highest BCUT2D eigenvalue weighted by Gasteiger charge is 1.99. The van der Waals surface area contributed by atoms with Gasteiger partial charge in [0.15, 0.2) is 0 Å². The zero-order valence-corrected chi connectivity index (χ0v) is 5.00. The number of carbonyl (C=O) groups is 1. The number of aromatic amines is 1. The van der Waals surface area contributed by atoms with E-state index in [0.717, 1.165) is 0 Å². The van der Waals surface area contributed by atoms with E-state index in [4.69, 9.17) is 0 Å². The van der Waals surface area contributed by atoms with Crippen LogP contribution in [0.25, 0.3) is 0 Å². The maximum absolute atomic E-state index is 10.0. The Morgan fingerprint density at radius 2 is 2.56 bits per heavy atom. The third-order valence-electron chi connectivity index (χ3n) is 0.510. The molecule has 0 spiro atoms. The Bertz CT molecular complexity index is 196. The third-order valence-corrected chi connectivity index (χ3v) is 0.601. The molecule has 1 heterocycles. The van der Waals surface area contributed by atoms with Crippen molar-refractivity contribution in [3.63, 3.8) is 0 Å². The molecule has 1 N–H and O–H groups in total. The van der Waals surface area contributed by atoms with E-state index in [0.29, 0.717) is 0 Å². The van der Waals surface area contributed by atoms with E-state index in [-0.39, 0.29) is 6.01 Å². The van der Waals surface area contributed by atoms with Gasteiger partial charge in [-0.1, -0.05) is 17.7 Å². The van der Waals surface area contributed by atoms with Gasteiger partial charge in [-0.2, -0.15) is 0 Å². The van der Waals surface area contributed by atoms with Crippen molar-refractivity contribution in [3.8, 4) is 6.01 Å². The summed E-state index contributed by atoms with van der Waals surface area (Å²) in [7, 11) is 0. The van der Waals surface area contributed by atoms with Crippen LogP contribution < -0.4 is 4.74 Å². The Hall–Kier alpha value is -1.11. The van der Waals surface area contributed by atoms with E-state index in [2.05, 4.69) is 38.0 Å². The van der Waals surface area contributed by atoms with Gasteiger partial charge in [0.1, 0.15) is 0 Å². The lowest BCUT2D eigenvalue weighted by atomic mass is 11.2. The molecule has 1 aromatic heterocycles. The van der Waals surface area contributed by atoms with Gasteiger partial charge in [0.25, 0.3) is 0 Å². The Balaban J connectivity index is 2.58. The molecule has 1 aromatic rings. The minimum atomic E-state index is -0.756. The number of carbonyl (C=O) groups excluding carboxylic acids is 1. The normalized spacial score (nSPS) is 9.00. The lowest BCUT2D eigenvalue weighted by Gasteiger charge is -1.87. The van der Waals surface area contributed by atoms with Crippen LogP contribution >= 0.6 is 12.6 Å². The van der Waals surface area contributed by atoms with Crippen LogP contribution in [0.3, 0.4) is 0 Å². The molecule has 0 saturated heterocycles. The van der Waals surface area contributed by atoms with E-state index in [1.807, 2.05) is 0 Å². The number of nitrogens with one attached hydrogen (secondary N) is 1. The van der Waals surface area contributed by atoms with Crippen LogP contribution in [0.5, 0.6) is 6.01 Å². The highest BCUT2D eigenvalue weighted by Crippen LogP contribution is 1.96. The number of thiol groups is 1. The molecule has 0 aliphatic rings. The van der Waals surface area contributed by atoms with Crippen molar-refractivity contribution in [2.75, 3.05) is 0 Å². The summed E-state index contributed by atoms with van der Waals surface area (Å²) in [5, 5.41) is 11.0. The first kappa shape index (κ1) is 6.02. The summed E-state index contributed by atoms with van der Waals surface area (Å²) in [6.45, 7) is 0. The molecule has 0 aromatic carbocycles. The van der Waals surface area contributed by atoms with Gasteiger partial charge in [-0.15, -0.1) is 0 Å². The SMILES string of the molecule is O=C(S)Oc1nnn[nH]1. The number of hydrogen-bond donors (Lipinski definition) is 2. The molecule has 7 heteroatoms. The van der Waals surface area contributed by atoms with Gasteiger partial charge >= 0.3 is 11.3 Å². The maximum Gasteiger partial charge on any atom is 0.372 e. The molecule has 0 aliphatic heterocycles. The second-order valence-corrected chi connectivity index (χ2v) is 1.44. The first-order valence-electron chi connectivity index (χ1n) is 1.93. The van der Waals surface area contributed by atoms with Crippen molar-refractivity contribution in [2.45, 2.75) is 0 Å². The number of ether oxygens (including phenoxy) is 1. The molecule has 0 bridgehead atoms. The van der Waals surface area contributed by atoms with Crippen molar-refractivity contribution in [3.05, 3.63) is 0 Å². The van der Waals surface area contributed by atoms with Crippen molar-refractivity contribution in [1.29, 1.82) is 0 Å². The van der Waals surface area contributed by atoms with Crippen LogP contribution in [-0.2, 0) is 0 Å². The zero-order chi connectivity index (χ0) is 6.69.